The number of nitrogens with zero attached hydrogens (tertiary/aromatic N) is 2. The average molecular weight is 461 g/mol. The molecule has 1 saturated carbocycles. The molecule has 172 valence electrons. The van der Waals surface area contributed by atoms with E-state index in [1.165, 1.54) is 25.4 Å². The Hall–Kier alpha value is -2.98. The summed E-state index contributed by atoms with van der Waals surface area (Å²) in [5.74, 6) is -0.221. The van der Waals surface area contributed by atoms with Crippen molar-refractivity contribution in [2.75, 3.05) is 30.5 Å². The van der Waals surface area contributed by atoms with Gasteiger partial charge in [-0.2, -0.15) is 0 Å². The highest BCUT2D eigenvalue weighted by atomic mass is 32.2. The van der Waals surface area contributed by atoms with Crippen LogP contribution in [0.5, 0.6) is 0 Å². The first-order valence-electron chi connectivity index (χ1n) is 10.5. The van der Waals surface area contributed by atoms with Gasteiger partial charge in [0.2, 0.25) is 0 Å². The molecule has 0 saturated heterocycles. The zero-order valence-electron chi connectivity index (χ0n) is 18.0. The molecule has 0 radical (unpaired) electrons. The third kappa shape index (κ3) is 6.51. The van der Waals surface area contributed by atoms with Crippen LogP contribution >= 0.6 is 0 Å². The van der Waals surface area contributed by atoms with E-state index in [2.05, 4.69) is 15.5 Å². The Bertz CT molecular complexity index is 1030. The molecule has 0 unspecified atom stereocenters. The summed E-state index contributed by atoms with van der Waals surface area (Å²) in [7, 11) is -1.92. The van der Waals surface area contributed by atoms with E-state index in [0.29, 0.717) is 30.1 Å². The van der Waals surface area contributed by atoms with E-state index in [4.69, 9.17) is 15.3 Å². The molecule has 3 rings (SSSR count). The molecule has 3 N–H and O–H groups in total. The predicted octanol–water partition coefficient (Wildman–Crippen LogP) is 2.78. The molecule has 2 aromatic rings. The summed E-state index contributed by atoms with van der Waals surface area (Å²) in [5.41, 5.74) is 6.59. The summed E-state index contributed by atoms with van der Waals surface area (Å²) in [6.07, 6.45) is 5.70. The number of oxime groups is 1. The molecule has 32 heavy (non-hydrogen) atoms. The molecule has 9 nitrogen and oxygen atoms in total. The second-order valence-corrected chi connectivity index (χ2v) is 9.68. The van der Waals surface area contributed by atoms with Crippen LogP contribution in [0.15, 0.2) is 52.6 Å². The van der Waals surface area contributed by atoms with E-state index in [1.54, 1.807) is 24.3 Å². The molecule has 10 heteroatoms. The van der Waals surface area contributed by atoms with Crippen molar-refractivity contribution in [1.29, 1.82) is 0 Å². The Morgan fingerprint density at radius 2 is 1.91 bits per heavy atom. The highest BCUT2D eigenvalue weighted by Gasteiger charge is 2.21. The minimum atomic E-state index is -3.45. The lowest BCUT2D eigenvalue weighted by Crippen LogP contribution is -2.25. The van der Waals surface area contributed by atoms with E-state index < -0.39 is 15.7 Å². The molecular formula is C22H28N4O5S. The van der Waals surface area contributed by atoms with Crippen LogP contribution in [0.1, 0.15) is 37.7 Å². The Kier molecular flexibility index (Phi) is 8.18. The molecule has 0 bridgehead atoms. The van der Waals surface area contributed by atoms with E-state index in [9.17, 15) is 13.2 Å². The van der Waals surface area contributed by atoms with Crippen molar-refractivity contribution in [2.24, 2.45) is 5.16 Å². The first kappa shape index (κ1) is 23.7. The lowest BCUT2D eigenvalue weighted by atomic mass is 10.1. The number of benzene rings is 1. The van der Waals surface area contributed by atoms with Gasteiger partial charge in [0.1, 0.15) is 11.9 Å². The van der Waals surface area contributed by atoms with E-state index >= 15 is 0 Å². The van der Waals surface area contributed by atoms with Crippen molar-refractivity contribution in [2.45, 2.75) is 43.1 Å². The van der Waals surface area contributed by atoms with Crippen LogP contribution in [0.25, 0.3) is 0 Å². The predicted molar refractivity (Wildman–Crippen MR) is 122 cm³/mol. The topological polar surface area (TPSA) is 133 Å². The van der Waals surface area contributed by atoms with Gasteiger partial charge < -0.3 is 20.6 Å². The lowest BCUT2D eigenvalue weighted by molar-refractivity contribution is -0.110. The first-order chi connectivity index (χ1) is 15.4. The van der Waals surface area contributed by atoms with Crippen molar-refractivity contribution >= 4 is 33.0 Å². The summed E-state index contributed by atoms with van der Waals surface area (Å²) >= 11 is 0. The maximum absolute atomic E-state index is 12.9. The third-order valence-corrected chi connectivity index (χ3v) is 6.90. The number of hydrogen-bond donors (Lipinski definition) is 2. The Balaban J connectivity index is 1.81. The van der Waals surface area contributed by atoms with Gasteiger partial charge in [-0.3, -0.25) is 4.79 Å². The number of rotatable bonds is 10. The number of amides is 1. The number of anilines is 2. The number of carbonyl (C=O) groups excluding carboxylic acids is 1. The van der Waals surface area contributed by atoms with Gasteiger partial charge in [-0.15, -0.1) is 0 Å². The quantitative estimate of drug-likeness (QED) is 0.316. The maximum atomic E-state index is 12.9. The van der Waals surface area contributed by atoms with Crippen molar-refractivity contribution in [1.82, 2.24) is 4.98 Å². The van der Waals surface area contributed by atoms with Crippen LogP contribution < -0.4 is 11.1 Å². The fourth-order valence-corrected chi connectivity index (χ4v) is 4.62. The van der Waals surface area contributed by atoms with E-state index in [-0.39, 0.29) is 22.5 Å². The van der Waals surface area contributed by atoms with Gasteiger partial charge in [0.25, 0.3) is 5.91 Å². The molecule has 1 heterocycles. The molecule has 1 aliphatic carbocycles. The summed E-state index contributed by atoms with van der Waals surface area (Å²) in [4.78, 5) is 22.8. The number of ether oxygens (including phenoxy) is 1. The van der Waals surface area contributed by atoms with Crippen LogP contribution in [0.3, 0.4) is 0 Å². The van der Waals surface area contributed by atoms with Gasteiger partial charge >= 0.3 is 0 Å². The Morgan fingerprint density at radius 3 is 2.53 bits per heavy atom. The number of sulfone groups is 1. The minimum absolute atomic E-state index is 0.0186. The minimum Gasteiger partial charge on any atom is -0.397 e. The van der Waals surface area contributed by atoms with Crippen LogP contribution in [0.4, 0.5) is 11.5 Å². The maximum Gasteiger partial charge on any atom is 0.279 e. The fourth-order valence-electron chi connectivity index (χ4n) is 3.33. The second-order valence-electron chi connectivity index (χ2n) is 7.57. The van der Waals surface area contributed by atoms with Crippen LogP contribution in [-0.4, -0.2) is 50.6 Å². The van der Waals surface area contributed by atoms with Gasteiger partial charge in [0.15, 0.2) is 15.5 Å². The third-order valence-electron chi connectivity index (χ3n) is 5.09. The van der Waals surface area contributed by atoms with Crippen molar-refractivity contribution in [3.05, 3.63) is 48.2 Å². The number of methoxy groups -OCH3 is 1. The second kappa shape index (κ2) is 11.1. The first-order valence-corrected chi connectivity index (χ1v) is 12.1. The Morgan fingerprint density at radius 1 is 1.19 bits per heavy atom. The molecule has 0 spiro atoms. The number of carbonyl (C=O) groups is 1. The average Bonchev–Trinajstić information content (AvgIpc) is 3.30. The van der Waals surface area contributed by atoms with Crippen LogP contribution in [-0.2, 0) is 24.2 Å². The molecule has 0 atom stereocenters. The zero-order valence-corrected chi connectivity index (χ0v) is 18.8. The van der Waals surface area contributed by atoms with Gasteiger partial charge in [0, 0.05) is 19.3 Å². The zero-order chi connectivity index (χ0) is 23.0. The summed E-state index contributed by atoms with van der Waals surface area (Å²) in [6, 6.07) is 9.25. The number of hydrogen-bond acceptors (Lipinski definition) is 8. The Labute approximate surface area is 187 Å². The standard InChI is InChI=1S/C22H28N4O5S/c1-30-13-4-14-32(28,29)19-10-7-16(8-11-19)21(26-31-18-5-2-3-6-18)22(27)25-20-12-9-17(23)15-24-20/h7-12,15,18H,2-6,13-14,23H2,1H3,(H,24,25,27)/b26-21+. The normalized spacial score (nSPS) is 15.0. The van der Waals surface area contributed by atoms with E-state index in [0.717, 1.165) is 25.7 Å². The SMILES string of the molecule is COCCCS(=O)(=O)c1ccc(/C(=N\OC2CCCC2)C(=O)Nc2ccc(N)cn2)cc1. The van der Waals surface area contributed by atoms with Crippen molar-refractivity contribution < 1.29 is 22.8 Å². The van der Waals surface area contributed by atoms with Gasteiger partial charge in [-0.25, -0.2) is 13.4 Å². The van der Waals surface area contributed by atoms with E-state index in [1.807, 2.05) is 0 Å². The number of nitrogens with one attached hydrogen (secondary N) is 1. The van der Waals surface area contributed by atoms with Crippen LogP contribution in [0, 0.1) is 0 Å². The van der Waals surface area contributed by atoms with Crippen molar-refractivity contribution in [3.8, 4) is 0 Å². The monoisotopic (exact) mass is 460 g/mol. The number of nitrogen functional groups attached to an aromatic ring is 1. The summed E-state index contributed by atoms with van der Waals surface area (Å²) < 4.78 is 29.9. The summed E-state index contributed by atoms with van der Waals surface area (Å²) in [6.45, 7) is 0.367. The fraction of sp³-hybridized carbons (Fsp3) is 0.409. The molecule has 1 aromatic carbocycles. The van der Waals surface area contributed by atoms with Gasteiger partial charge in [-0.1, -0.05) is 17.3 Å². The molecular weight excluding hydrogens is 432 g/mol. The largest absolute Gasteiger partial charge is 0.397 e. The smallest absolute Gasteiger partial charge is 0.279 e. The summed E-state index contributed by atoms with van der Waals surface area (Å²) in [5, 5.41) is 6.80. The number of aromatic nitrogens is 1. The molecule has 1 amide bonds. The molecule has 1 aliphatic rings. The van der Waals surface area contributed by atoms with Gasteiger partial charge in [-0.05, 0) is 56.4 Å². The van der Waals surface area contributed by atoms with Crippen LogP contribution in [0.2, 0.25) is 0 Å². The lowest BCUT2D eigenvalue weighted by Gasteiger charge is -2.12. The van der Waals surface area contributed by atoms with Crippen molar-refractivity contribution in [3.63, 3.8) is 0 Å². The molecule has 1 fully saturated rings. The number of pyridine rings is 1. The number of nitrogens with two attached hydrogens (primary N) is 1. The highest BCUT2D eigenvalue weighted by molar-refractivity contribution is 7.91. The molecule has 0 aliphatic heterocycles. The highest BCUT2D eigenvalue weighted by Crippen LogP contribution is 2.22. The molecule has 1 aromatic heterocycles. The van der Waals surface area contributed by atoms with Gasteiger partial charge in [0.05, 0.1) is 22.5 Å².